The predicted octanol–water partition coefficient (Wildman–Crippen LogP) is 4.44. The molecule has 1 saturated heterocycles. The summed E-state index contributed by atoms with van der Waals surface area (Å²) in [4.78, 5) is 27.9. The lowest BCUT2D eigenvalue weighted by Gasteiger charge is -2.37. The lowest BCUT2D eigenvalue weighted by atomic mass is 9.83. The summed E-state index contributed by atoms with van der Waals surface area (Å²) in [6.07, 6.45) is 1.36. The fraction of sp³-hybridized carbons (Fsp3) is 0.286. The summed E-state index contributed by atoms with van der Waals surface area (Å²) in [6.45, 7) is 1.32. The first kappa shape index (κ1) is 23.5. The molecule has 1 aliphatic rings. The molecule has 1 fully saturated rings. The number of rotatable bonds is 7. The number of amides is 2. The molecule has 2 unspecified atom stereocenters. The Hall–Kier alpha value is -3.67. The van der Waals surface area contributed by atoms with Crippen LogP contribution in [-0.2, 0) is 11.2 Å². The number of halogens is 1. The monoisotopic (exact) mass is 460 g/mol. The Morgan fingerprint density at radius 2 is 1.76 bits per heavy atom. The molecule has 6 heteroatoms. The van der Waals surface area contributed by atoms with Gasteiger partial charge in [-0.15, -0.1) is 0 Å². The molecule has 3 aromatic carbocycles. The smallest absolute Gasteiger partial charge is 0.253 e. The predicted molar refractivity (Wildman–Crippen MR) is 129 cm³/mol. The molecule has 0 aliphatic carbocycles. The second kappa shape index (κ2) is 11.0. The van der Waals surface area contributed by atoms with Crippen LogP contribution in [0.4, 0.5) is 4.39 Å². The van der Waals surface area contributed by atoms with Crippen molar-refractivity contribution in [3.63, 3.8) is 0 Å². The number of ether oxygens (including phenoxy) is 1. The highest BCUT2D eigenvalue weighted by atomic mass is 19.1. The average molecular weight is 461 g/mol. The van der Waals surface area contributed by atoms with Crippen LogP contribution in [-0.4, -0.2) is 43.5 Å². The normalized spacial score (nSPS) is 17.8. The summed E-state index contributed by atoms with van der Waals surface area (Å²) in [5.74, 6) is -0.278. The molecular formula is C28H29FN2O3. The van der Waals surface area contributed by atoms with Gasteiger partial charge in [0.1, 0.15) is 11.6 Å². The number of carbonyl (C=O) groups excluding carboxylic acids is 2. The largest absolute Gasteiger partial charge is 0.497 e. The van der Waals surface area contributed by atoms with Gasteiger partial charge in [-0.05, 0) is 54.3 Å². The molecular weight excluding hydrogens is 431 g/mol. The molecule has 1 N–H and O–H groups in total. The van der Waals surface area contributed by atoms with Crippen molar-refractivity contribution in [1.29, 1.82) is 0 Å². The molecule has 176 valence electrons. The summed E-state index contributed by atoms with van der Waals surface area (Å²) in [6, 6.07) is 23.4. The number of methoxy groups -OCH3 is 1. The van der Waals surface area contributed by atoms with Crippen LogP contribution in [0, 0.1) is 11.7 Å². The Morgan fingerprint density at radius 1 is 1.00 bits per heavy atom. The minimum atomic E-state index is -0.449. The summed E-state index contributed by atoms with van der Waals surface area (Å²) < 4.78 is 18.9. The van der Waals surface area contributed by atoms with E-state index < -0.39 is 5.82 Å². The third-order valence-electron chi connectivity index (χ3n) is 6.32. The number of nitrogens with zero attached hydrogens (tertiary/aromatic N) is 1. The van der Waals surface area contributed by atoms with Crippen molar-refractivity contribution in [3.05, 3.63) is 101 Å². The number of piperidine rings is 1. The Labute approximate surface area is 199 Å². The SMILES string of the molecule is COc1ccc(CCNC(=O)C2CC(c3ccccc3)CN(C(=O)c3cccc(F)c3)C2)cc1. The molecule has 0 bridgehead atoms. The first-order chi connectivity index (χ1) is 16.5. The van der Waals surface area contributed by atoms with E-state index in [0.717, 1.165) is 16.9 Å². The van der Waals surface area contributed by atoms with E-state index in [-0.39, 0.29) is 23.7 Å². The van der Waals surface area contributed by atoms with E-state index in [1.165, 1.54) is 18.2 Å². The van der Waals surface area contributed by atoms with Crippen LogP contribution in [0.1, 0.15) is 33.8 Å². The minimum Gasteiger partial charge on any atom is -0.497 e. The number of nitrogens with one attached hydrogen (secondary N) is 1. The molecule has 2 amide bonds. The zero-order valence-electron chi connectivity index (χ0n) is 19.2. The van der Waals surface area contributed by atoms with E-state index in [0.29, 0.717) is 38.0 Å². The van der Waals surface area contributed by atoms with E-state index in [2.05, 4.69) is 5.32 Å². The molecule has 2 atom stereocenters. The molecule has 1 aliphatic heterocycles. The minimum absolute atomic E-state index is 0.0322. The van der Waals surface area contributed by atoms with Crippen LogP contribution in [0.2, 0.25) is 0 Å². The Balaban J connectivity index is 1.44. The fourth-order valence-corrected chi connectivity index (χ4v) is 4.49. The van der Waals surface area contributed by atoms with Gasteiger partial charge in [0.05, 0.1) is 13.0 Å². The zero-order valence-corrected chi connectivity index (χ0v) is 19.2. The summed E-state index contributed by atoms with van der Waals surface area (Å²) in [5, 5.41) is 3.04. The molecule has 5 nitrogen and oxygen atoms in total. The number of benzene rings is 3. The lowest BCUT2D eigenvalue weighted by Crippen LogP contribution is -2.48. The van der Waals surface area contributed by atoms with E-state index in [1.54, 1.807) is 18.1 Å². The lowest BCUT2D eigenvalue weighted by molar-refractivity contribution is -0.126. The standard InChI is InChI=1S/C28H29FN2O3/c1-34-26-12-10-20(11-13-26)14-15-30-27(32)24-16-23(21-6-3-2-4-7-21)18-31(19-24)28(33)22-8-5-9-25(29)17-22/h2-13,17,23-24H,14-16,18-19H2,1H3,(H,30,32). The molecule has 3 aromatic rings. The van der Waals surface area contributed by atoms with E-state index in [1.807, 2.05) is 54.6 Å². The maximum absolute atomic E-state index is 13.7. The number of hydrogen-bond acceptors (Lipinski definition) is 3. The van der Waals surface area contributed by atoms with Crippen molar-refractivity contribution < 1.29 is 18.7 Å². The van der Waals surface area contributed by atoms with Gasteiger partial charge in [-0.1, -0.05) is 48.5 Å². The van der Waals surface area contributed by atoms with Gasteiger partial charge in [-0.25, -0.2) is 4.39 Å². The molecule has 1 heterocycles. The third-order valence-corrected chi connectivity index (χ3v) is 6.32. The second-order valence-electron chi connectivity index (χ2n) is 8.65. The van der Waals surface area contributed by atoms with Crippen molar-refractivity contribution in [2.24, 2.45) is 5.92 Å². The van der Waals surface area contributed by atoms with Crippen molar-refractivity contribution in [1.82, 2.24) is 10.2 Å². The maximum Gasteiger partial charge on any atom is 0.253 e. The number of hydrogen-bond donors (Lipinski definition) is 1. The van der Waals surface area contributed by atoms with Crippen LogP contribution < -0.4 is 10.1 Å². The number of likely N-dealkylation sites (tertiary alicyclic amines) is 1. The Kier molecular flexibility index (Phi) is 7.58. The molecule has 0 radical (unpaired) electrons. The van der Waals surface area contributed by atoms with Crippen LogP contribution in [0.5, 0.6) is 5.75 Å². The first-order valence-corrected chi connectivity index (χ1v) is 11.5. The molecule has 0 aromatic heterocycles. The molecule has 0 saturated carbocycles. The van der Waals surface area contributed by atoms with Gasteiger partial charge in [0.25, 0.3) is 5.91 Å². The fourth-order valence-electron chi connectivity index (χ4n) is 4.49. The summed E-state index contributed by atoms with van der Waals surface area (Å²) >= 11 is 0. The van der Waals surface area contributed by atoms with Gasteiger partial charge in [0, 0.05) is 31.1 Å². The maximum atomic E-state index is 13.7. The van der Waals surface area contributed by atoms with Crippen LogP contribution in [0.25, 0.3) is 0 Å². The highest BCUT2D eigenvalue weighted by Gasteiger charge is 2.34. The second-order valence-corrected chi connectivity index (χ2v) is 8.65. The Morgan fingerprint density at radius 3 is 2.47 bits per heavy atom. The average Bonchev–Trinajstić information content (AvgIpc) is 2.89. The van der Waals surface area contributed by atoms with Gasteiger partial charge < -0.3 is 15.0 Å². The van der Waals surface area contributed by atoms with Crippen molar-refractivity contribution in [3.8, 4) is 5.75 Å². The first-order valence-electron chi connectivity index (χ1n) is 11.5. The quantitative estimate of drug-likeness (QED) is 0.567. The van der Waals surface area contributed by atoms with E-state index >= 15 is 0 Å². The van der Waals surface area contributed by atoms with Crippen molar-refractivity contribution >= 4 is 11.8 Å². The van der Waals surface area contributed by atoms with Gasteiger partial charge in [0.15, 0.2) is 0 Å². The molecule has 4 rings (SSSR count). The van der Waals surface area contributed by atoms with Gasteiger partial charge in [-0.2, -0.15) is 0 Å². The summed E-state index contributed by atoms with van der Waals surface area (Å²) in [7, 11) is 1.63. The molecule has 34 heavy (non-hydrogen) atoms. The number of carbonyl (C=O) groups is 2. The summed E-state index contributed by atoms with van der Waals surface area (Å²) in [5.41, 5.74) is 2.50. The third kappa shape index (κ3) is 5.81. The van der Waals surface area contributed by atoms with Crippen LogP contribution in [0.3, 0.4) is 0 Å². The zero-order chi connectivity index (χ0) is 23.9. The highest BCUT2D eigenvalue weighted by Crippen LogP contribution is 2.31. The van der Waals surface area contributed by atoms with Crippen molar-refractivity contribution in [2.75, 3.05) is 26.7 Å². The van der Waals surface area contributed by atoms with Crippen LogP contribution >= 0.6 is 0 Å². The van der Waals surface area contributed by atoms with E-state index in [4.69, 9.17) is 4.74 Å². The van der Waals surface area contributed by atoms with E-state index in [9.17, 15) is 14.0 Å². The molecule has 0 spiro atoms. The highest BCUT2D eigenvalue weighted by molar-refractivity contribution is 5.94. The Bertz CT molecular complexity index is 1120. The van der Waals surface area contributed by atoms with Crippen LogP contribution in [0.15, 0.2) is 78.9 Å². The van der Waals surface area contributed by atoms with Crippen molar-refractivity contribution in [2.45, 2.75) is 18.8 Å². The van der Waals surface area contributed by atoms with Gasteiger partial charge in [-0.3, -0.25) is 9.59 Å². The topological polar surface area (TPSA) is 58.6 Å². The van der Waals surface area contributed by atoms with Gasteiger partial charge >= 0.3 is 0 Å². The van der Waals surface area contributed by atoms with Gasteiger partial charge in [0.2, 0.25) is 5.91 Å².